The lowest BCUT2D eigenvalue weighted by atomic mass is 9.66. The fourth-order valence-electron chi connectivity index (χ4n) is 6.63. The highest BCUT2D eigenvalue weighted by Crippen LogP contribution is 2.45. The van der Waals surface area contributed by atoms with Crippen molar-refractivity contribution in [3.05, 3.63) is 94.5 Å². The molecule has 0 atom stereocenters. The number of ether oxygens (including phenoxy) is 2. The minimum atomic E-state index is -0.704. The number of thiocarbonyl (C=S) groups is 1. The molecular weight excluding hydrogens is 791 g/mol. The number of anilines is 2. The summed E-state index contributed by atoms with van der Waals surface area (Å²) in [6.45, 7) is 6.02. The number of hydrogen-bond donors (Lipinski definition) is 3. The van der Waals surface area contributed by atoms with Crippen LogP contribution in [-0.4, -0.2) is 83.3 Å². The van der Waals surface area contributed by atoms with Crippen LogP contribution < -0.4 is 16.0 Å². The highest BCUT2D eigenvalue weighted by molar-refractivity contribution is 7.80. The van der Waals surface area contributed by atoms with Crippen LogP contribution in [0.3, 0.4) is 0 Å². The molecule has 19 heteroatoms. The van der Waals surface area contributed by atoms with Crippen molar-refractivity contribution in [2.75, 3.05) is 30.4 Å². The van der Waals surface area contributed by atoms with Gasteiger partial charge in [-0.05, 0) is 95.0 Å². The Morgan fingerprint density at radius 1 is 0.931 bits per heavy atom. The Hall–Kier alpha value is -5.82. The van der Waals surface area contributed by atoms with Crippen molar-refractivity contribution in [3.63, 3.8) is 0 Å². The maximum absolute atomic E-state index is 14.5. The van der Waals surface area contributed by atoms with Gasteiger partial charge in [0.05, 0.1) is 18.5 Å². The number of thiazole rings is 1. The molecule has 0 bridgehead atoms. The van der Waals surface area contributed by atoms with E-state index in [0.717, 1.165) is 37.0 Å². The summed E-state index contributed by atoms with van der Waals surface area (Å²) in [5, 5.41) is 29.7. The Balaban J connectivity index is 0.000000196. The smallest absolute Gasteiger partial charge is 0.416 e. The maximum Gasteiger partial charge on any atom is 0.416 e. The monoisotopic (exact) mass is 832 g/mol. The number of esters is 1. The third-order valence-corrected chi connectivity index (χ3v) is 11.1. The molecule has 1 amide bonds. The molecule has 0 aliphatic heterocycles. The van der Waals surface area contributed by atoms with Crippen molar-refractivity contribution in [2.24, 2.45) is 5.73 Å². The van der Waals surface area contributed by atoms with E-state index in [0.29, 0.717) is 53.0 Å². The Morgan fingerprint density at radius 2 is 1.57 bits per heavy atom. The first-order chi connectivity index (χ1) is 27.6. The molecule has 58 heavy (non-hydrogen) atoms. The van der Waals surface area contributed by atoms with E-state index in [-0.39, 0.29) is 39.3 Å². The maximum atomic E-state index is 14.5. The number of amides is 1. The fraction of sp³-hybridized carbons (Fsp3) is 0.385. The van der Waals surface area contributed by atoms with E-state index in [1.807, 2.05) is 0 Å². The Labute approximate surface area is 342 Å². The summed E-state index contributed by atoms with van der Waals surface area (Å²) < 4.78 is 38.9. The second-order valence-electron chi connectivity index (χ2n) is 15.0. The van der Waals surface area contributed by atoms with Crippen LogP contribution in [-0.2, 0) is 20.3 Å². The van der Waals surface area contributed by atoms with Crippen LogP contribution in [0.15, 0.2) is 60.9 Å². The SMILES string of the molecule is CC(C)(C)OC(=O)N(CC1(c2ncccc2F)CCC1)c1ccc(C(N)=S)nn1.COC(=O)c1sc(-c2ccc(NCC3(c4ncccc4F)CCC3)nn2)nc1O. The van der Waals surface area contributed by atoms with Gasteiger partial charge in [0.2, 0.25) is 5.88 Å². The van der Waals surface area contributed by atoms with Crippen molar-refractivity contribution >= 4 is 52.2 Å². The number of nitrogens with zero attached hydrogens (tertiary/aromatic N) is 8. The first-order valence-corrected chi connectivity index (χ1v) is 19.6. The molecule has 304 valence electrons. The molecule has 0 radical (unpaired) electrons. The molecular formula is C39H42F2N10O5S2. The van der Waals surface area contributed by atoms with Crippen LogP contribution in [0.1, 0.15) is 86.0 Å². The summed E-state index contributed by atoms with van der Waals surface area (Å²) in [6.07, 6.45) is 7.66. The van der Waals surface area contributed by atoms with Crippen LogP contribution in [0.2, 0.25) is 0 Å². The summed E-state index contributed by atoms with van der Waals surface area (Å²) in [4.78, 5) is 38.5. The number of nitrogens with one attached hydrogen (secondary N) is 1. The number of hydrogen-bond acceptors (Lipinski definition) is 15. The molecule has 4 N–H and O–H groups in total. The lowest BCUT2D eigenvalue weighted by molar-refractivity contribution is 0.0555. The molecule has 5 heterocycles. The number of carbonyl (C=O) groups is 2. The summed E-state index contributed by atoms with van der Waals surface area (Å²) in [7, 11) is 1.23. The number of rotatable bonds is 11. The molecule has 2 fully saturated rings. The highest BCUT2D eigenvalue weighted by atomic mass is 32.1. The molecule has 2 aliphatic rings. The molecule has 0 aromatic carbocycles. The van der Waals surface area contributed by atoms with Crippen molar-refractivity contribution in [1.82, 2.24) is 35.3 Å². The molecule has 2 saturated carbocycles. The van der Waals surface area contributed by atoms with Crippen molar-refractivity contribution in [1.29, 1.82) is 0 Å². The van der Waals surface area contributed by atoms with Gasteiger partial charge in [-0.2, -0.15) is 4.98 Å². The highest BCUT2D eigenvalue weighted by Gasteiger charge is 2.46. The standard InChI is InChI=1S/C20H24FN5O2S.C19H18FN5O3S/c1-19(2,3)28-18(27)26(15-8-7-14(17(22)29)24-25-15)12-20(9-5-10-20)16-13(21)6-4-11-23-16;1-28-18(27)14-16(26)23-17(29-14)12-5-6-13(25-24-12)22-10-19(7-3-8-19)15-11(20)4-2-9-21-15/h4,6-8,11H,5,9-10,12H2,1-3H3,(H2,22,29);2,4-6,9,26H,3,7-8,10H2,1H3,(H,22,25). The van der Waals surface area contributed by atoms with Crippen LogP contribution in [0.25, 0.3) is 10.7 Å². The van der Waals surface area contributed by atoms with Gasteiger partial charge in [0.15, 0.2) is 10.7 Å². The van der Waals surface area contributed by atoms with E-state index in [9.17, 15) is 23.5 Å². The Morgan fingerprint density at radius 3 is 2.05 bits per heavy atom. The van der Waals surface area contributed by atoms with Crippen molar-refractivity contribution in [3.8, 4) is 16.6 Å². The minimum absolute atomic E-state index is 0.0100. The summed E-state index contributed by atoms with van der Waals surface area (Å²) >= 11 is 5.88. The number of carbonyl (C=O) groups excluding carboxylic acids is 2. The van der Waals surface area contributed by atoms with E-state index in [1.165, 1.54) is 24.1 Å². The number of halogens is 2. The topological polar surface area (TPSA) is 204 Å². The zero-order valence-electron chi connectivity index (χ0n) is 32.2. The number of methoxy groups -OCH3 is 1. The van der Waals surface area contributed by atoms with Crippen LogP contribution >= 0.6 is 23.6 Å². The van der Waals surface area contributed by atoms with Gasteiger partial charge in [0, 0.05) is 36.3 Å². The largest absolute Gasteiger partial charge is 0.492 e. The molecule has 5 aromatic heterocycles. The van der Waals surface area contributed by atoms with E-state index in [4.69, 9.17) is 22.7 Å². The van der Waals surface area contributed by atoms with Crippen LogP contribution in [0, 0.1) is 11.6 Å². The number of nitrogens with two attached hydrogens (primary N) is 1. The van der Waals surface area contributed by atoms with Gasteiger partial charge in [0.25, 0.3) is 0 Å². The van der Waals surface area contributed by atoms with Crippen LogP contribution in [0.4, 0.5) is 25.2 Å². The molecule has 0 saturated heterocycles. The number of aromatic nitrogens is 7. The molecule has 7 rings (SSSR count). The lowest BCUT2D eigenvalue weighted by Crippen LogP contribution is -2.50. The van der Waals surface area contributed by atoms with Gasteiger partial charge in [-0.1, -0.05) is 25.1 Å². The van der Waals surface area contributed by atoms with E-state index in [2.05, 4.69) is 45.4 Å². The first-order valence-electron chi connectivity index (χ1n) is 18.4. The fourth-order valence-corrected chi connectivity index (χ4v) is 7.58. The van der Waals surface area contributed by atoms with Gasteiger partial charge < -0.3 is 25.6 Å². The van der Waals surface area contributed by atoms with E-state index in [1.54, 1.807) is 69.6 Å². The Kier molecular flexibility index (Phi) is 12.5. The molecule has 2 aliphatic carbocycles. The zero-order chi connectivity index (χ0) is 41.7. The summed E-state index contributed by atoms with van der Waals surface area (Å²) in [5.74, 6) is -0.922. The number of pyridine rings is 2. The lowest BCUT2D eigenvalue weighted by Gasteiger charge is -2.44. The van der Waals surface area contributed by atoms with Crippen LogP contribution in [0.5, 0.6) is 5.88 Å². The molecule has 0 spiro atoms. The second-order valence-corrected chi connectivity index (χ2v) is 16.4. The molecule has 15 nitrogen and oxygen atoms in total. The average Bonchev–Trinajstić information content (AvgIpc) is 3.56. The quantitative estimate of drug-likeness (QED) is 0.0940. The first kappa shape index (κ1) is 41.8. The predicted molar refractivity (Wildman–Crippen MR) is 216 cm³/mol. The van der Waals surface area contributed by atoms with Gasteiger partial charge in [-0.15, -0.1) is 31.7 Å². The van der Waals surface area contributed by atoms with Gasteiger partial charge in [-0.25, -0.2) is 18.4 Å². The van der Waals surface area contributed by atoms with Gasteiger partial charge in [0.1, 0.15) is 44.4 Å². The van der Waals surface area contributed by atoms with Crippen molar-refractivity contribution < 1.29 is 33.0 Å². The predicted octanol–water partition coefficient (Wildman–Crippen LogP) is 6.67. The van der Waals surface area contributed by atoms with E-state index < -0.39 is 29.0 Å². The minimum Gasteiger partial charge on any atom is -0.492 e. The van der Waals surface area contributed by atoms with E-state index >= 15 is 0 Å². The molecule has 0 unspecified atom stereocenters. The summed E-state index contributed by atoms with van der Waals surface area (Å²) in [6, 6.07) is 12.6. The Bertz CT molecular complexity index is 2260. The number of aromatic hydroxyl groups is 1. The third kappa shape index (κ3) is 9.31. The average molecular weight is 833 g/mol. The van der Waals surface area contributed by atoms with Gasteiger partial charge in [-0.3, -0.25) is 14.9 Å². The summed E-state index contributed by atoms with van der Waals surface area (Å²) in [5.41, 5.74) is 5.53. The second kappa shape index (κ2) is 17.4. The van der Waals surface area contributed by atoms with Gasteiger partial charge >= 0.3 is 12.1 Å². The van der Waals surface area contributed by atoms with Crippen molar-refractivity contribution in [2.45, 2.75) is 75.7 Å². The third-order valence-electron chi connectivity index (χ3n) is 9.87. The molecule has 5 aromatic rings. The normalized spacial score (nSPS) is 15.1. The zero-order valence-corrected chi connectivity index (χ0v) is 33.9.